The lowest BCUT2D eigenvalue weighted by Crippen LogP contribution is -2.15. The summed E-state index contributed by atoms with van der Waals surface area (Å²) in [6, 6.07) is 0. The molecule has 1 aliphatic heterocycles. The molecule has 34 valence electrons. The van der Waals surface area contributed by atoms with Gasteiger partial charge in [0.05, 0.1) is 6.61 Å². The molecular weight excluding hydrogens is 80.0 g/mol. The molecular formula is C3H6N2O. The standard InChI is InChI=1S/C3H6N2O/c4-3-5-1-2-6-3/h1,3H,2,4H2. The van der Waals surface area contributed by atoms with Crippen LogP contribution in [0.5, 0.6) is 0 Å². The molecule has 1 heterocycles. The second-order valence-corrected chi connectivity index (χ2v) is 1.06. The number of nitrogens with two attached hydrogens (primary N) is 1. The largest absolute Gasteiger partial charge is 0.338 e. The Morgan fingerprint density at radius 1 is 2.00 bits per heavy atom. The lowest BCUT2D eigenvalue weighted by Gasteiger charge is -1.92. The Labute approximate surface area is 35.8 Å². The molecule has 1 aliphatic rings. The third-order valence-electron chi connectivity index (χ3n) is 0.594. The molecule has 0 saturated carbocycles. The molecule has 0 bridgehead atoms. The first kappa shape index (κ1) is 3.77. The van der Waals surface area contributed by atoms with E-state index in [1.807, 2.05) is 0 Å². The summed E-state index contributed by atoms with van der Waals surface area (Å²) in [7, 11) is 0. The van der Waals surface area contributed by atoms with Gasteiger partial charge in [0.1, 0.15) is 0 Å². The lowest BCUT2D eigenvalue weighted by atomic mass is 10.8. The third-order valence-corrected chi connectivity index (χ3v) is 0.594. The third kappa shape index (κ3) is 0.555. The van der Waals surface area contributed by atoms with Gasteiger partial charge in [-0.05, 0) is 0 Å². The SMILES string of the molecule is NC1N=CCO1. The van der Waals surface area contributed by atoms with Crippen molar-refractivity contribution in [2.45, 2.75) is 6.35 Å². The highest BCUT2D eigenvalue weighted by Crippen LogP contribution is 1.88. The van der Waals surface area contributed by atoms with Crippen LogP contribution >= 0.6 is 0 Å². The fourth-order valence-electron chi connectivity index (χ4n) is 0.332. The van der Waals surface area contributed by atoms with Gasteiger partial charge < -0.3 is 4.74 Å². The lowest BCUT2D eigenvalue weighted by molar-refractivity contribution is 0.115. The van der Waals surface area contributed by atoms with Crippen LogP contribution in [0.3, 0.4) is 0 Å². The van der Waals surface area contributed by atoms with Gasteiger partial charge in [-0.1, -0.05) is 0 Å². The number of hydrogen-bond acceptors (Lipinski definition) is 3. The Morgan fingerprint density at radius 3 is 3.00 bits per heavy atom. The first-order valence-corrected chi connectivity index (χ1v) is 1.78. The zero-order valence-corrected chi connectivity index (χ0v) is 3.29. The molecule has 0 amide bonds. The van der Waals surface area contributed by atoms with Gasteiger partial charge in [0.25, 0.3) is 0 Å². The summed E-state index contributed by atoms with van der Waals surface area (Å²) in [6.45, 7) is 0.571. The van der Waals surface area contributed by atoms with E-state index in [-0.39, 0.29) is 6.35 Å². The van der Waals surface area contributed by atoms with Crippen LogP contribution in [0.25, 0.3) is 0 Å². The summed E-state index contributed by atoms with van der Waals surface area (Å²) in [5.74, 6) is 0. The number of ether oxygens (including phenoxy) is 1. The average Bonchev–Trinajstić information content (AvgIpc) is 1.86. The van der Waals surface area contributed by atoms with Crippen LogP contribution in [0.15, 0.2) is 4.99 Å². The predicted molar refractivity (Wildman–Crippen MR) is 22.4 cm³/mol. The molecule has 0 fully saturated rings. The van der Waals surface area contributed by atoms with Crippen LogP contribution < -0.4 is 5.73 Å². The van der Waals surface area contributed by atoms with Crippen molar-refractivity contribution in [3.05, 3.63) is 0 Å². The number of hydrogen-bond donors (Lipinski definition) is 1. The Kier molecular flexibility index (Phi) is 0.856. The summed E-state index contributed by atoms with van der Waals surface area (Å²) in [6.07, 6.45) is 1.27. The molecule has 0 radical (unpaired) electrons. The van der Waals surface area contributed by atoms with Gasteiger partial charge >= 0.3 is 0 Å². The Hall–Kier alpha value is -0.410. The van der Waals surface area contributed by atoms with Gasteiger partial charge in [-0.2, -0.15) is 0 Å². The summed E-state index contributed by atoms with van der Waals surface area (Å²) in [4.78, 5) is 3.67. The highest BCUT2D eigenvalue weighted by atomic mass is 16.5. The summed E-state index contributed by atoms with van der Waals surface area (Å²) >= 11 is 0. The molecule has 3 heteroatoms. The molecule has 0 aromatic rings. The molecule has 1 unspecified atom stereocenters. The van der Waals surface area contributed by atoms with Crippen LogP contribution in [0.2, 0.25) is 0 Å². The molecule has 0 aliphatic carbocycles. The van der Waals surface area contributed by atoms with Crippen molar-refractivity contribution in [2.24, 2.45) is 10.7 Å². The summed E-state index contributed by atoms with van der Waals surface area (Å²) in [5.41, 5.74) is 5.11. The average molecular weight is 86.1 g/mol. The van der Waals surface area contributed by atoms with Crippen molar-refractivity contribution in [1.29, 1.82) is 0 Å². The van der Waals surface area contributed by atoms with E-state index in [9.17, 15) is 0 Å². The van der Waals surface area contributed by atoms with Crippen molar-refractivity contribution >= 4 is 6.21 Å². The van der Waals surface area contributed by atoms with Crippen molar-refractivity contribution in [1.82, 2.24) is 0 Å². The molecule has 0 spiro atoms. The monoisotopic (exact) mass is 86.0 g/mol. The second-order valence-electron chi connectivity index (χ2n) is 1.06. The topological polar surface area (TPSA) is 47.6 Å². The first-order chi connectivity index (χ1) is 2.89. The van der Waals surface area contributed by atoms with Gasteiger partial charge in [0, 0.05) is 6.21 Å². The molecule has 1 atom stereocenters. The van der Waals surface area contributed by atoms with E-state index in [4.69, 9.17) is 10.5 Å². The number of rotatable bonds is 0. The maximum absolute atomic E-state index is 5.11. The highest BCUT2D eigenvalue weighted by molar-refractivity contribution is 5.59. The molecule has 0 saturated heterocycles. The van der Waals surface area contributed by atoms with E-state index in [0.717, 1.165) is 0 Å². The van der Waals surface area contributed by atoms with Crippen molar-refractivity contribution in [2.75, 3.05) is 6.61 Å². The maximum atomic E-state index is 5.11. The smallest absolute Gasteiger partial charge is 0.201 e. The van der Waals surface area contributed by atoms with Gasteiger partial charge in [0.2, 0.25) is 6.35 Å². The van der Waals surface area contributed by atoms with Gasteiger partial charge in [-0.25, -0.2) is 4.99 Å². The van der Waals surface area contributed by atoms with E-state index in [2.05, 4.69) is 4.99 Å². The van der Waals surface area contributed by atoms with E-state index in [1.54, 1.807) is 6.21 Å². The van der Waals surface area contributed by atoms with Crippen molar-refractivity contribution in [3.63, 3.8) is 0 Å². The van der Waals surface area contributed by atoms with Crippen LogP contribution in [-0.4, -0.2) is 19.2 Å². The zero-order chi connectivity index (χ0) is 4.41. The van der Waals surface area contributed by atoms with Crippen molar-refractivity contribution < 1.29 is 4.74 Å². The zero-order valence-electron chi connectivity index (χ0n) is 3.29. The van der Waals surface area contributed by atoms with Crippen LogP contribution in [0.1, 0.15) is 0 Å². The van der Waals surface area contributed by atoms with Crippen LogP contribution in [0, 0.1) is 0 Å². The minimum Gasteiger partial charge on any atom is -0.338 e. The van der Waals surface area contributed by atoms with Crippen LogP contribution in [-0.2, 0) is 4.74 Å². The fraction of sp³-hybridized carbons (Fsp3) is 0.667. The van der Waals surface area contributed by atoms with Gasteiger partial charge in [-0.3, -0.25) is 5.73 Å². The Morgan fingerprint density at radius 2 is 2.83 bits per heavy atom. The Balaban J connectivity index is 2.38. The Bertz CT molecular complexity index is 71.2. The molecule has 2 N–H and O–H groups in total. The van der Waals surface area contributed by atoms with Gasteiger partial charge in [-0.15, -0.1) is 0 Å². The quantitative estimate of drug-likeness (QED) is 0.425. The van der Waals surface area contributed by atoms with Gasteiger partial charge in [0.15, 0.2) is 0 Å². The molecule has 0 aromatic carbocycles. The minimum atomic E-state index is -0.384. The number of aliphatic imine (C=N–C) groups is 1. The normalized spacial score (nSPS) is 31.8. The van der Waals surface area contributed by atoms with E-state index >= 15 is 0 Å². The first-order valence-electron chi connectivity index (χ1n) is 1.78. The van der Waals surface area contributed by atoms with E-state index in [0.29, 0.717) is 6.61 Å². The van der Waals surface area contributed by atoms with E-state index < -0.39 is 0 Å². The summed E-state index contributed by atoms with van der Waals surface area (Å²) < 4.78 is 4.71. The molecule has 3 nitrogen and oxygen atoms in total. The van der Waals surface area contributed by atoms with Crippen LogP contribution in [0.4, 0.5) is 0 Å². The van der Waals surface area contributed by atoms with E-state index in [1.165, 1.54) is 0 Å². The fourth-order valence-corrected chi connectivity index (χ4v) is 0.332. The minimum absolute atomic E-state index is 0.384. The highest BCUT2D eigenvalue weighted by Gasteiger charge is 1.99. The second kappa shape index (κ2) is 1.36. The van der Waals surface area contributed by atoms with Crippen molar-refractivity contribution in [3.8, 4) is 0 Å². The molecule has 1 rings (SSSR count). The predicted octanol–water partition coefficient (Wildman–Crippen LogP) is -0.670. The molecule has 0 aromatic heterocycles. The summed E-state index contributed by atoms with van der Waals surface area (Å²) in [5, 5.41) is 0. The maximum Gasteiger partial charge on any atom is 0.201 e. The molecule has 6 heavy (non-hydrogen) atoms. The number of nitrogens with zero attached hydrogens (tertiary/aromatic N) is 1.